The van der Waals surface area contributed by atoms with Crippen molar-refractivity contribution in [1.82, 2.24) is 4.98 Å². The van der Waals surface area contributed by atoms with Gasteiger partial charge in [0.15, 0.2) is 0 Å². The first kappa shape index (κ1) is 8.21. The van der Waals surface area contributed by atoms with Crippen LogP contribution in [0.2, 0.25) is 0 Å². The Morgan fingerprint density at radius 2 is 2.36 bits per heavy atom. The predicted molar refractivity (Wildman–Crippen MR) is 46.1 cm³/mol. The standard InChI is InChI=1S/C9H14N2/c1-2-4-9-8(7-10)5-3-6-11-9/h3,5-6H,2,4,7,10H2,1H3. The molecule has 1 aromatic heterocycles. The van der Waals surface area contributed by atoms with Crippen molar-refractivity contribution in [2.75, 3.05) is 0 Å². The average Bonchev–Trinajstić information content (AvgIpc) is 2.06. The molecular formula is C9H14N2. The summed E-state index contributed by atoms with van der Waals surface area (Å²) in [5, 5.41) is 0. The highest BCUT2D eigenvalue weighted by Gasteiger charge is 1.98. The normalized spacial score (nSPS) is 10.0. The molecule has 1 rings (SSSR count). The molecule has 0 atom stereocenters. The molecule has 0 saturated carbocycles. The fraction of sp³-hybridized carbons (Fsp3) is 0.444. The molecule has 0 amide bonds. The Morgan fingerprint density at radius 3 is 3.00 bits per heavy atom. The highest BCUT2D eigenvalue weighted by molar-refractivity contribution is 5.19. The molecule has 0 aliphatic rings. The molecule has 0 aromatic carbocycles. The van der Waals surface area contributed by atoms with Gasteiger partial charge in [-0.3, -0.25) is 4.98 Å². The SMILES string of the molecule is CCCc1ncccc1CN. The van der Waals surface area contributed by atoms with E-state index in [9.17, 15) is 0 Å². The van der Waals surface area contributed by atoms with Gasteiger partial charge in [0, 0.05) is 18.4 Å². The fourth-order valence-electron chi connectivity index (χ4n) is 1.12. The molecule has 0 aliphatic carbocycles. The average molecular weight is 150 g/mol. The van der Waals surface area contributed by atoms with Crippen molar-refractivity contribution in [2.24, 2.45) is 5.73 Å². The Morgan fingerprint density at radius 1 is 1.55 bits per heavy atom. The van der Waals surface area contributed by atoms with Gasteiger partial charge in [-0.2, -0.15) is 0 Å². The van der Waals surface area contributed by atoms with Crippen molar-refractivity contribution in [3.05, 3.63) is 29.6 Å². The highest BCUT2D eigenvalue weighted by atomic mass is 14.7. The van der Waals surface area contributed by atoms with Gasteiger partial charge in [-0.15, -0.1) is 0 Å². The van der Waals surface area contributed by atoms with E-state index in [2.05, 4.69) is 11.9 Å². The molecule has 1 heterocycles. The van der Waals surface area contributed by atoms with Crippen LogP contribution < -0.4 is 5.73 Å². The molecular weight excluding hydrogens is 136 g/mol. The summed E-state index contributed by atoms with van der Waals surface area (Å²) < 4.78 is 0. The molecule has 0 aliphatic heterocycles. The third kappa shape index (κ3) is 2.02. The van der Waals surface area contributed by atoms with Crippen molar-refractivity contribution in [2.45, 2.75) is 26.3 Å². The summed E-state index contributed by atoms with van der Waals surface area (Å²) in [6.07, 6.45) is 3.99. The van der Waals surface area contributed by atoms with Crippen LogP contribution in [0.5, 0.6) is 0 Å². The third-order valence-electron chi connectivity index (χ3n) is 1.69. The number of hydrogen-bond donors (Lipinski definition) is 1. The van der Waals surface area contributed by atoms with Crippen molar-refractivity contribution in [3.63, 3.8) is 0 Å². The monoisotopic (exact) mass is 150 g/mol. The van der Waals surface area contributed by atoms with Crippen LogP contribution in [-0.2, 0) is 13.0 Å². The largest absolute Gasteiger partial charge is 0.326 e. The first-order valence-electron chi connectivity index (χ1n) is 4.01. The van der Waals surface area contributed by atoms with Crippen molar-refractivity contribution >= 4 is 0 Å². The van der Waals surface area contributed by atoms with E-state index in [4.69, 9.17) is 5.73 Å². The smallest absolute Gasteiger partial charge is 0.0448 e. The quantitative estimate of drug-likeness (QED) is 0.709. The van der Waals surface area contributed by atoms with Crippen LogP contribution in [0.15, 0.2) is 18.3 Å². The van der Waals surface area contributed by atoms with E-state index in [1.165, 1.54) is 5.56 Å². The molecule has 0 fully saturated rings. The van der Waals surface area contributed by atoms with Gasteiger partial charge >= 0.3 is 0 Å². The lowest BCUT2D eigenvalue weighted by molar-refractivity contribution is 0.851. The van der Waals surface area contributed by atoms with Gasteiger partial charge in [-0.25, -0.2) is 0 Å². The first-order chi connectivity index (χ1) is 5.38. The van der Waals surface area contributed by atoms with E-state index in [-0.39, 0.29) is 0 Å². The molecule has 0 unspecified atom stereocenters. The Balaban J connectivity index is 2.83. The Bertz CT molecular complexity index is 221. The first-order valence-corrected chi connectivity index (χ1v) is 4.01. The van der Waals surface area contributed by atoms with Crippen molar-refractivity contribution in [3.8, 4) is 0 Å². The number of aromatic nitrogens is 1. The van der Waals surface area contributed by atoms with Crippen LogP contribution in [0.3, 0.4) is 0 Å². The maximum Gasteiger partial charge on any atom is 0.0448 e. The third-order valence-corrected chi connectivity index (χ3v) is 1.69. The Labute approximate surface area is 67.5 Å². The van der Waals surface area contributed by atoms with Crippen LogP contribution in [0, 0.1) is 0 Å². The fourth-order valence-corrected chi connectivity index (χ4v) is 1.12. The van der Waals surface area contributed by atoms with Crippen LogP contribution in [0.25, 0.3) is 0 Å². The number of nitrogens with zero attached hydrogens (tertiary/aromatic N) is 1. The maximum absolute atomic E-state index is 5.54. The van der Waals surface area contributed by atoms with Crippen molar-refractivity contribution < 1.29 is 0 Å². The molecule has 0 bridgehead atoms. The molecule has 2 nitrogen and oxygen atoms in total. The summed E-state index contributed by atoms with van der Waals surface area (Å²) in [4.78, 5) is 4.26. The zero-order valence-corrected chi connectivity index (χ0v) is 6.88. The lowest BCUT2D eigenvalue weighted by Crippen LogP contribution is -2.02. The topological polar surface area (TPSA) is 38.9 Å². The number of hydrogen-bond acceptors (Lipinski definition) is 2. The number of nitrogens with two attached hydrogens (primary N) is 1. The van der Waals surface area contributed by atoms with Gasteiger partial charge in [0.1, 0.15) is 0 Å². The Hall–Kier alpha value is -0.890. The number of aryl methyl sites for hydroxylation is 1. The summed E-state index contributed by atoms with van der Waals surface area (Å²) in [5.74, 6) is 0. The number of rotatable bonds is 3. The lowest BCUT2D eigenvalue weighted by atomic mass is 10.1. The summed E-state index contributed by atoms with van der Waals surface area (Å²) in [6, 6.07) is 3.97. The summed E-state index contributed by atoms with van der Waals surface area (Å²) >= 11 is 0. The van der Waals surface area contributed by atoms with E-state index in [0.717, 1.165) is 18.5 Å². The highest BCUT2D eigenvalue weighted by Crippen LogP contribution is 2.05. The van der Waals surface area contributed by atoms with Gasteiger partial charge in [-0.1, -0.05) is 19.4 Å². The minimum absolute atomic E-state index is 0.600. The van der Waals surface area contributed by atoms with E-state index in [1.807, 2.05) is 18.3 Å². The molecule has 60 valence electrons. The van der Waals surface area contributed by atoms with Gasteiger partial charge in [0.2, 0.25) is 0 Å². The second kappa shape index (κ2) is 4.09. The van der Waals surface area contributed by atoms with E-state index in [0.29, 0.717) is 6.54 Å². The molecule has 2 N–H and O–H groups in total. The molecule has 1 aromatic rings. The second-order valence-electron chi connectivity index (χ2n) is 2.56. The lowest BCUT2D eigenvalue weighted by Gasteiger charge is -2.03. The van der Waals surface area contributed by atoms with Crippen LogP contribution in [-0.4, -0.2) is 4.98 Å². The summed E-state index contributed by atoms with van der Waals surface area (Å²) in [7, 11) is 0. The zero-order chi connectivity index (χ0) is 8.10. The van der Waals surface area contributed by atoms with E-state index >= 15 is 0 Å². The van der Waals surface area contributed by atoms with Gasteiger partial charge in [-0.05, 0) is 18.1 Å². The number of pyridine rings is 1. The van der Waals surface area contributed by atoms with E-state index < -0.39 is 0 Å². The van der Waals surface area contributed by atoms with E-state index in [1.54, 1.807) is 0 Å². The molecule has 0 saturated heterocycles. The predicted octanol–water partition coefficient (Wildman–Crippen LogP) is 1.49. The van der Waals surface area contributed by atoms with Gasteiger partial charge < -0.3 is 5.73 Å². The molecule has 0 spiro atoms. The van der Waals surface area contributed by atoms with Crippen molar-refractivity contribution in [1.29, 1.82) is 0 Å². The minimum atomic E-state index is 0.600. The zero-order valence-electron chi connectivity index (χ0n) is 6.88. The van der Waals surface area contributed by atoms with Gasteiger partial charge in [0.05, 0.1) is 0 Å². The van der Waals surface area contributed by atoms with Crippen LogP contribution in [0.4, 0.5) is 0 Å². The maximum atomic E-state index is 5.54. The summed E-state index contributed by atoms with van der Waals surface area (Å²) in [6.45, 7) is 2.75. The molecule has 0 radical (unpaired) electrons. The van der Waals surface area contributed by atoms with Crippen LogP contribution >= 0.6 is 0 Å². The Kier molecular flexibility index (Phi) is 3.05. The summed E-state index contributed by atoms with van der Waals surface area (Å²) in [5.41, 5.74) is 7.87. The minimum Gasteiger partial charge on any atom is -0.326 e. The molecule has 11 heavy (non-hydrogen) atoms. The molecule has 2 heteroatoms. The van der Waals surface area contributed by atoms with Gasteiger partial charge in [0.25, 0.3) is 0 Å². The second-order valence-corrected chi connectivity index (χ2v) is 2.56. The van der Waals surface area contributed by atoms with Crippen LogP contribution in [0.1, 0.15) is 24.6 Å².